The number of aryl methyl sites for hydroxylation is 1. The summed E-state index contributed by atoms with van der Waals surface area (Å²) in [5.41, 5.74) is 1.23. The molecule has 4 nitrogen and oxygen atoms in total. The van der Waals surface area contributed by atoms with Crippen molar-refractivity contribution in [3.8, 4) is 5.75 Å². The Labute approximate surface area is 200 Å². The Morgan fingerprint density at radius 1 is 1.06 bits per heavy atom. The number of pyridine rings is 1. The maximum absolute atomic E-state index is 15.0. The molecule has 0 fully saturated rings. The number of ether oxygens (including phenoxy) is 1. The topological polar surface area (TPSA) is 46.2 Å². The maximum atomic E-state index is 15.0. The number of aromatic nitrogens is 1. The van der Waals surface area contributed by atoms with Crippen molar-refractivity contribution in [2.75, 3.05) is 14.2 Å². The summed E-state index contributed by atoms with van der Waals surface area (Å²) in [6.07, 6.45) is -2.68. The third-order valence-electron chi connectivity index (χ3n) is 5.66. The van der Waals surface area contributed by atoms with Crippen LogP contribution in [0, 0.1) is 11.6 Å². The molecule has 186 valence electrons. The van der Waals surface area contributed by atoms with Crippen LogP contribution in [0.1, 0.15) is 40.9 Å². The van der Waals surface area contributed by atoms with E-state index in [4.69, 9.17) is 4.74 Å². The normalized spacial score (nSPS) is 13.2. The monoisotopic (exact) mass is 491 g/mol. The second-order valence-electron chi connectivity index (χ2n) is 7.95. The van der Waals surface area contributed by atoms with Crippen LogP contribution in [0.2, 0.25) is 0 Å². The van der Waals surface area contributed by atoms with Crippen molar-refractivity contribution in [3.63, 3.8) is 0 Å². The molecular formula is C26H26F5N3O. The van der Waals surface area contributed by atoms with Gasteiger partial charge in [-0.2, -0.15) is 13.2 Å². The molecule has 3 aromatic rings. The summed E-state index contributed by atoms with van der Waals surface area (Å²) in [6.45, 7) is 4.02. The molecule has 2 atom stereocenters. The van der Waals surface area contributed by atoms with E-state index in [0.717, 1.165) is 6.07 Å². The van der Waals surface area contributed by atoms with E-state index in [1.807, 2.05) is 0 Å². The van der Waals surface area contributed by atoms with Crippen LogP contribution in [0.25, 0.3) is 0 Å². The summed E-state index contributed by atoms with van der Waals surface area (Å²) in [5.74, 6) is -0.540. The van der Waals surface area contributed by atoms with Gasteiger partial charge in [-0.15, -0.1) is 0 Å². The molecule has 0 aliphatic rings. The smallest absolute Gasteiger partial charge is 0.433 e. The molecule has 9 heteroatoms. The third-order valence-corrected chi connectivity index (χ3v) is 5.66. The van der Waals surface area contributed by atoms with Gasteiger partial charge < -0.3 is 10.1 Å². The van der Waals surface area contributed by atoms with Gasteiger partial charge in [0.1, 0.15) is 23.1 Å². The average Bonchev–Trinajstić information content (AvgIpc) is 2.84. The highest BCUT2D eigenvalue weighted by Crippen LogP contribution is 2.31. The van der Waals surface area contributed by atoms with E-state index >= 15 is 4.39 Å². The van der Waals surface area contributed by atoms with E-state index in [2.05, 4.69) is 22.2 Å². The van der Waals surface area contributed by atoms with Gasteiger partial charge in [0.2, 0.25) is 0 Å². The lowest BCUT2D eigenvalue weighted by molar-refractivity contribution is -0.141. The van der Waals surface area contributed by atoms with Crippen LogP contribution in [0.5, 0.6) is 5.75 Å². The molecule has 1 aromatic heterocycles. The first-order valence-corrected chi connectivity index (χ1v) is 10.9. The summed E-state index contributed by atoms with van der Waals surface area (Å²) >= 11 is 0. The first-order chi connectivity index (χ1) is 16.6. The van der Waals surface area contributed by atoms with Crippen molar-refractivity contribution in [3.05, 3.63) is 107 Å². The third kappa shape index (κ3) is 6.79. The Kier molecular flexibility index (Phi) is 8.45. The second kappa shape index (κ2) is 11.3. The number of methoxy groups -OCH3 is 1. The van der Waals surface area contributed by atoms with Gasteiger partial charge in [0.05, 0.1) is 13.2 Å². The highest BCUT2D eigenvalue weighted by molar-refractivity contribution is 5.33. The summed E-state index contributed by atoms with van der Waals surface area (Å²) < 4.78 is 72.1. The van der Waals surface area contributed by atoms with Crippen LogP contribution in [0.4, 0.5) is 22.0 Å². The molecule has 1 heterocycles. The van der Waals surface area contributed by atoms with Crippen molar-refractivity contribution in [1.82, 2.24) is 15.6 Å². The zero-order valence-electron chi connectivity index (χ0n) is 19.3. The Morgan fingerprint density at radius 2 is 1.77 bits per heavy atom. The van der Waals surface area contributed by atoms with Crippen LogP contribution in [-0.4, -0.2) is 19.1 Å². The molecule has 3 rings (SSSR count). The molecule has 0 unspecified atom stereocenters. The number of alkyl halides is 3. The fourth-order valence-corrected chi connectivity index (χ4v) is 3.70. The SMILES string of the molecule is C=C(NC)[C@H](N[C@@H](CCc1ccc(C(F)(F)F)nc1)c1ccc(OC)cc1F)c1ccc(F)cc1. The Morgan fingerprint density at radius 3 is 2.31 bits per heavy atom. The Bertz CT molecular complexity index is 1130. The van der Waals surface area contributed by atoms with E-state index in [1.54, 1.807) is 31.3 Å². The fourth-order valence-electron chi connectivity index (χ4n) is 3.70. The first kappa shape index (κ1) is 26.2. The first-order valence-electron chi connectivity index (χ1n) is 10.9. The summed E-state index contributed by atoms with van der Waals surface area (Å²) in [5, 5.41) is 6.36. The molecule has 0 aliphatic carbocycles. The second-order valence-corrected chi connectivity index (χ2v) is 7.95. The van der Waals surface area contributed by atoms with E-state index in [9.17, 15) is 17.6 Å². The largest absolute Gasteiger partial charge is 0.497 e. The zero-order chi connectivity index (χ0) is 25.6. The lowest BCUT2D eigenvalue weighted by Gasteiger charge is -2.28. The van der Waals surface area contributed by atoms with Gasteiger partial charge in [0.15, 0.2) is 0 Å². The van der Waals surface area contributed by atoms with E-state index in [1.165, 1.54) is 37.6 Å². The van der Waals surface area contributed by atoms with E-state index < -0.39 is 35.6 Å². The lowest BCUT2D eigenvalue weighted by atomic mass is 9.95. The molecule has 0 spiro atoms. The van der Waals surface area contributed by atoms with Crippen LogP contribution in [0.15, 0.2) is 73.1 Å². The number of hydrogen-bond donors (Lipinski definition) is 2. The molecule has 0 saturated heterocycles. The highest BCUT2D eigenvalue weighted by Gasteiger charge is 2.32. The van der Waals surface area contributed by atoms with Crippen LogP contribution >= 0.6 is 0 Å². The number of likely N-dealkylation sites (N-methyl/N-ethyl adjacent to an activating group) is 1. The molecule has 0 amide bonds. The molecule has 0 bridgehead atoms. The van der Waals surface area contributed by atoms with Gasteiger partial charge in [0, 0.05) is 36.6 Å². The Balaban J connectivity index is 1.91. The number of rotatable bonds is 10. The average molecular weight is 492 g/mol. The molecular weight excluding hydrogens is 465 g/mol. The van der Waals surface area contributed by atoms with Crippen LogP contribution < -0.4 is 15.4 Å². The quantitative estimate of drug-likeness (QED) is 0.335. The summed E-state index contributed by atoms with van der Waals surface area (Å²) in [7, 11) is 3.13. The van der Waals surface area contributed by atoms with Gasteiger partial charge in [-0.25, -0.2) is 8.78 Å². The lowest BCUT2D eigenvalue weighted by Crippen LogP contribution is -2.32. The number of benzene rings is 2. The maximum Gasteiger partial charge on any atom is 0.433 e. The standard InChI is InChI=1S/C26H26F5N3O/c1-16(32-2)25(18-6-8-19(27)9-7-18)34-23(21-11-10-20(35-3)14-22(21)28)12-4-17-5-13-24(33-15-17)26(29,30)31/h5-11,13-15,23,25,32,34H,1,4,12H2,2-3H3/t23-,25-/m0/s1. The highest BCUT2D eigenvalue weighted by atomic mass is 19.4. The van der Waals surface area contributed by atoms with Gasteiger partial charge in [0.25, 0.3) is 0 Å². The molecule has 0 saturated carbocycles. The van der Waals surface area contributed by atoms with Gasteiger partial charge in [-0.05, 0) is 48.2 Å². The van der Waals surface area contributed by atoms with Gasteiger partial charge in [-0.3, -0.25) is 10.3 Å². The molecule has 0 aliphatic heterocycles. The predicted molar refractivity (Wildman–Crippen MR) is 124 cm³/mol. The zero-order valence-corrected chi connectivity index (χ0v) is 19.3. The van der Waals surface area contributed by atoms with Crippen molar-refractivity contribution in [1.29, 1.82) is 0 Å². The van der Waals surface area contributed by atoms with Crippen molar-refractivity contribution in [2.45, 2.75) is 31.1 Å². The number of halogens is 5. The fraction of sp³-hybridized carbons (Fsp3) is 0.269. The minimum Gasteiger partial charge on any atom is -0.497 e. The number of nitrogens with zero attached hydrogens (tertiary/aromatic N) is 1. The molecule has 2 aromatic carbocycles. The van der Waals surface area contributed by atoms with Gasteiger partial charge >= 0.3 is 6.18 Å². The van der Waals surface area contributed by atoms with Crippen LogP contribution in [-0.2, 0) is 12.6 Å². The molecule has 0 radical (unpaired) electrons. The van der Waals surface area contributed by atoms with Gasteiger partial charge in [-0.1, -0.05) is 30.8 Å². The summed E-state index contributed by atoms with van der Waals surface area (Å²) in [4.78, 5) is 3.50. The predicted octanol–water partition coefficient (Wildman–Crippen LogP) is 6.13. The minimum atomic E-state index is -4.52. The van der Waals surface area contributed by atoms with Crippen LogP contribution in [0.3, 0.4) is 0 Å². The van der Waals surface area contributed by atoms with E-state index in [0.29, 0.717) is 41.0 Å². The number of hydrogen-bond acceptors (Lipinski definition) is 4. The van der Waals surface area contributed by atoms with Crippen molar-refractivity contribution < 1.29 is 26.7 Å². The Hall–Kier alpha value is -3.46. The molecule has 2 N–H and O–H groups in total. The van der Waals surface area contributed by atoms with E-state index in [-0.39, 0.29) is 0 Å². The van der Waals surface area contributed by atoms with Crippen molar-refractivity contribution >= 4 is 0 Å². The minimum absolute atomic E-state index is 0.330. The molecule has 35 heavy (non-hydrogen) atoms. The number of nitrogens with one attached hydrogen (secondary N) is 2. The summed E-state index contributed by atoms with van der Waals surface area (Å²) in [6, 6.07) is 11.6. The van der Waals surface area contributed by atoms with Crippen molar-refractivity contribution in [2.24, 2.45) is 0 Å².